The molecule has 0 spiro atoms. The number of aromatic hydroxyl groups is 1. The van der Waals surface area contributed by atoms with E-state index >= 15 is 0 Å². The fourth-order valence-electron chi connectivity index (χ4n) is 3.33. The Kier molecular flexibility index (Phi) is 5.85. The Hall–Kier alpha value is -3.81. The third-order valence-corrected chi connectivity index (χ3v) is 6.11. The number of hydrogen-bond acceptors (Lipinski definition) is 6. The lowest BCUT2D eigenvalue weighted by atomic mass is 9.98. The summed E-state index contributed by atoms with van der Waals surface area (Å²) in [6.07, 6.45) is 4.35. The Labute approximate surface area is 183 Å². The summed E-state index contributed by atoms with van der Waals surface area (Å²) in [4.78, 5) is 31.4. The maximum atomic E-state index is 13.1. The molecule has 3 N–H and O–H groups in total. The molecule has 10 heteroatoms. The molecule has 0 saturated heterocycles. The number of nitrogens with zero attached hydrogens (tertiary/aromatic N) is 4. The van der Waals surface area contributed by atoms with Gasteiger partial charge in [-0.1, -0.05) is 48.5 Å². The van der Waals surface area contributed by atoms with Gasteiger partial charge in [-0.2, -0.15) is 10.1 Å². The van der Waals surface area contributed by atoms with Gasteiger partial charge in [-0.05, 0) is 23.3 Å². The molecule has 2 aromatic carbocycles. The van der Waals surface area contributed by atoms with Crippen molar-refractivity contribution in [2.24, 2.45) is 0 Å². The molecule has 2 aromatic heterocycles. The van der Waals surface area contributed by atoms with E-state index in [2.05, 4.69) is 20.4 Å². The fraction of sp³-hybridized carbons (Fsp3) is 0.0909. The van der Waals surface area contributed by atoms with Crippen molar-refractivity contribution in [1.82, 2.24) is 25.1 Å². The van der Waals surface area contributed by atoms with Gasteiger partial charge in [0.05, 0.1) is 6.04 Å². The molecule has 32 heavy (non-hydrogen) atoms. The van der Waals surface area contributed by atoms with E-state index in [1.165, 1.54) is 23.7 Å². The zero-order valence-electron chi connectivity index (χ0n) is 17.0. The van der Waals surface area contributed by atoms with Crippen molar-refractivity contribution in [2.45, 2.75) is 6.04 Å². The smallest absolute Gasteiger partial charge is 0.259 e. The third kappa shape index (κ3) is 4.44. The van der Waals surface area contributed by atoms with Gasteiger partial charge in [0.1, 0.15) is 5.56 Å². The largest absolute Gasteiger partial charge is 0.493 e. The number of carbonyl (C=O) groups excluding carboxylic acids is 1. The maximum absolute atomic E-state index is 13.1. The standard InChI is InChI=1S/C22H20N5O4P/c1-32(30,31)18-11-6-5-10-16(18)19(15-8-3-2-4-9-15)25-20(28)17-14-23-22(26-21(17)29)27-13-7-12-24-27/h2-14,19H,1H3,(H,25,28)(H,30,31)(H,23,26,29)/t19-/m0/s1. The SMILES string of the molecule is CP(=O)(O)c1ccccc1[C@@H](NC(=O)c1cnc(-n2cccn2)nc1O)c1ccccc1. The number of rotatable bonds is 6. The number of nitrogens with one attached hydrogen (secondary N) is 1. The maximum Gasteiger partial charge on any atom is 0.259 e. The van der Waals surface area contributed by atoms with Crippen molar-refractivity contribution in [3.63, 3.8) is 0 Å². The van der Waals surface area contributed by atoms with Gasteiger partial charge < -0.3 is 15.3 Å². The molecular formula is C22H20N5O4P. The van der Waals surface area contributed by atoms with Crippen LogP contribution in [0.3, 0.4) is 0 Å². The first-order valence-corrected chi connectivity index (χ1v) is 11.8. The summed E-state index contributed by atoms with van der Waals surface area (Å²) in [6, 6.07) is 16.6. The second-order valence-corrected chi connectivity index (χ2v) is 9.35. The minimum Gasteiger partial charge on any atom is -0.493 e. The third-order valence-electron chi connectivity index (χ3n) is 4.81. The van der Waals surface area contributed by atoms with Crippen LogP contribution in [-0.4, -0.2) is 42.3 Å². The molecule has 162 valence electrons. The van der Waals surface area contributed by atoms with Gasteiger partial charge in [0.2, 0.25) is 13.2 Å². The Morgan fingerprint density at radius 3 is 2.47 bits per heavy atom. The monoisotopic (exact) mass is 449 g/mol. The van der Waals surface area contributed by atoms with Gasteiger partial charge in [0.15, 0.2) is 0 Å². The molecule has 2 heterocycles. The highest BCUT2D eigenvalue weighted by molar-refractivity contribution is 7.65. The van der Waals surface area contributed by atoms with Gasteiger partial charge in [-0.25, -0.2) is 9.67 Å². The first kappa shape index (κ1) is 21.4. The molecule has 0 aliphatic rings. The van der Waals surface area contributed by atoms with Crippen molar-refractivity contribution in [2.75, 3.05) is 6.66 Å². The molecule has 9 nitrogen and oxygen atoms in total. The zero-order valence-corrected chi connectivity index (χ0v) is 17.9. The summed E-state index contributed by atoms with van der Waals surface area (Å²) in [5.41, 5.74) is 1.05. The Bertz CT molecular complexity index is 1290. The van der Waals surface area contributed by atoms with Crippen molar-refractivity contribution in [3.8, 4) is 11.8 Å². The number of benzene rings is 2. The van der Waals surface area contributed by atoms with Crippen LogP contribution in [0.25, 0.3) is 5.95 Å². The average molecular weight is 449 g/mol. The van der Waals surface area contributed by atoms with Gasteiger partial charge in [0, 0.05) is 30.6 Å². The lowest BCUT2D eigenvalue weighted by Crippen LogP contribution is -2.32. The first-order valence-electron chi connectivity index (χ1n) is 9.66. The zero-order chi connectivity index (χ0) is 22.7. The molecule has 1 unspecified atom stereocenters. The summed E-state index contributed by atoms with van der Waals surface area (Å²) in [6.45, 7) is 1.25. The molecule has 0 bridgehead atoms. The first-order chi connectivity index (χ1) is 15.3. The Morgan fingerprint density at radius 2 is 1.81 bits per heavy atom. The van der Waals surface area contributed by atoms with Crippen LogP contribution in [0.1, 0.15) is 27.5 Å². The minimum absolute atomic E-state index is 0.112. The topological polar surface area (TPSA) is 130 Å². The highest BCUT2D eigenvalue weighted by atomic mass is 31.2. The predicted molar refractivity (Wildman–Crippen MR) is 118 cm³/mol. The molecular weight excluding hydrogens is 429 g/mol. The summed E-state index contributed by atoms with van der Waals surface area (Å²) >= 11 is 0. The summed E-state index contributed by atoms with van der Waals surface area (Å²) < 4.78 is 13.9. The lowest BCUT2D eigenvalue weighted by molar-refractivity contribution is 0.0939. The quantitative estimate of drug-likeness (QED) is 0.385. The highest BCUT2D eigenvalue weighted by Gasteiger charge is 2.27. The van der Waals surface area contributed by atoms with Crippen LogP contribution in [0.5, 0.6) is 5.88 Å². The fourth-order valence-corrected chi connectivity index (χ4v) is 4.37. The number of aromatic nitrogens is 4. The Morgan fingerprint density at radius 1 is 1.09 bits per heavy atom. The van der Waals surface area contributed by atoms with E-state index in [4.69, 9.17) is 0 Å². The van der Waals surface area contributed by atoms with Crippen LogP contribution in [0, 0.1) is 0 Å². The van der Waals surface area contributed by atoms with Crippen LogP contribution in [-0.2, 0) is 4.57 Å². The van der Waals surface area contributed by atoms with Crippen LogP contribution in [0.15, 0.2) is 79.3 Å². The van der Waals surface area contributed by atoms with Gasteiger partial charge in [-0.3, -0.25) is 9.36 Å². The normalized spacial score (nSPS) is 13.8. The van der Waals surface area contributed by atoms with Gasteiger partial charge >= 0.3 is 0 Å². The molecule has 2 atom stereocenters. The van der Waals surface area contributed by atoms with Crippen LogP contribution in [0.2, 0.25) is 0 Å². The molecule has 4 rings (SSSR count). The average Bonchev–Trinajstić information content (AvgIpc) is 3.32. The van der Waals surface area contributed by atoms with Crippen molar-refractivity contribution >= 4 is 18.6 Å². The summed E-state index contributed by atoms with van der Waals surface area (Å²) in [7, 11) is -3.62. The van der Waals surface area contributed by atoms with E-state index in [0.29, 0.717) is 11.1 Å². The highest BCUT2D eigenvalue weighted by Crippen LogP contribution is 2.38. The molecule has 0 radical (unpaired) electrons. The van der Waals surface area contributed by atoms with Gasteiger partial charge in [0.25, 0.3) is 11.9 Å². The number of amides is 1. The van der Waals surface area contributed by atoms with E-state index in [0.717, 1.165) is 0 Å². The minimum atomic E-state index is -3.62. The Balaban J connectivity index is 1.72. The summed E-state index contributed by atoms with van der Waals surface area (Å²) in [5, 5.41) is 17.4. The molecule has 0 saturated carbocycles. The van der Waals surface area contributed by atoms with E-state index in [9.17, 15) is 19.4 Å². The van der Waals surface area contributed by atoms with E-state index in [1.54, 1.807) is 60.8 Å². The molecule has 0 aliphatic heterocycles. The van der Waals surface area contributed by atoms with Crippen molar-refractivity contribution < 1.29 is 19.4 Å². The van der Waals surface area contributed by atoms with Crippen LogP contribution >= 0.6 is 7.37 Å². The lowest BCUT2D eigenvalue weighted by Gasteiger charge is -2.23. The van der Waals surface area contributed by atoms with Crippen LogP contribution < -0.4 is 10.6 Å². The van der Waals surface area contributed by atoms with Crippen LogP contribution in [0.4, 0.5) is 0 Å². The van der Waals surface area contributed by atoms with E-state index in [1.807, 2.05) is 6.07 Å². The molecule has 1 amide bonds. The number of hydrogen-bond donors (Lipinski definition) is 3. The van der Waals surface area contributed by atoms with Crippen molar-refractivity contribution in [1.29, 1.82) is 0 Å². The molecule has 0 aliphatic carbocycles. The number of carbonyl (C=O) groups is 1. The molecule has 0 fully saturated rings. The van der Waals surface area contributed by atoms with E-state index in [-0.39, 0.29) is 16.8 Å². The van der Waals surface area contributed by atoms with E-state index < -0.39 is 25.2 Å². The summed E-state index contributed by atoms with van der Waals surface area (Å²) in [5.74, 6) is -1.03. The molecule has 4 aromatic rings. The van der Waals surface area contributed by atoms with Crippen molar-refractivity contribution in [3.05, 3.63) is 95.9 Å². The second kappa shape index (κ2) is 8.74. The second-order valence-electron chi connectivity index (χ2n) is 7.11. The van der Waals surface area contributed by atoms with Gasteiger partial charge in [-0.15, -0.1) is 0 Å². The predicted octanol–water partition coefficient (Wildman–Crippen LogP) is 2.41.